The molecule has 1 N–H and O–H groups in total. The van der Waals surface area contributed by atoms with Crippen molar-refractivity contribution in [2.75, 3.05) is 19.6 Å². The Balaban J connectivity index is 1.62. The zero-order valence-corrected chi connectivity index (χ0v) is 12.8. The van der Waals surface area contributed by atoms with Gasteiger partial charge < -0.3 is 5.32 Å². The second-order valence-electron chi connectivity index (χ2n) is 6.40. The first-order valence-corrected chi connectivity index (χ1v) is 8.41. The molecule has 2 heteroatoms. The highest BCUT2D eigenvalue weighted by Gasteiger charge is 2.25. The highest BCUT2D eigenvalue weighted by atomic mass is 15.2. The van der Waals surface area contributed by atoms with Crippen molar-refractivity contribution in [3.05, 3.63) is 35.4 Å². The van der Waals surface area contributed by atoms with E-state index in [9.17, 15) is 0 Å². The topological polar surface area (TPSA) is 15.3 Å². The minimum absolute atomic E-state index is 0.723. The maximum atomic E-state index is 3.70. The predicted octanol–water partition coefficient (Wildman–Crippen LogP) is 3.01. The summed E-state index contributed by atoms with van der Waals surface area (Å²) in [4.78, 5) is 2.72. The Labute approximate surface area is 123 Å². The smallest absolute Gasteiger partial charge is 0.0195 e. The molecule has 1 aliphatic carbocycles. The number of likely N-dealkylation sites (N-methyl/N-ethyl adjacent to an activating group) is 1. The third kappa shape index (κ3) is 3.24. The van der Waals surface area contributed by atoms with Crippen molar-refractivity contribution in [1.82, 2.24) is 10.2 Å². The van der Waals surface area contributed by atoms with Crippen LogP contribution in [0.1, 0.15) is 43.7 Å². The van der Waals surface area contributed by atoms with Crippen LogP contribution in [0.15, 0.2) is 24.3 Å². The van der Waals surface area contributed by atoms with Gasteiger partial charge in [-0.15, -0.1) is 0 Å². The molecule has 1 saturated heterocycles. The van der Waals surface area contributed by atoms with Gasteiger partial charge in [-0.2, -0.15) is 0 Å². The highest BCUT2D eigenvalue weighted by Crippen LogP contribution is 2.25. The van der Waals surface area contributed by atoms with Gasteiger partial charge in [-0.3, -0.25) is 4.90 Å². The summed E-state index contributed by atoms with van der Waals surface area (Å²) in [5.41, 5.74) is 3.16. The van der Waals surface area contributed by atoms with Crippen LogP contribution in [0.2, 0.25) is 0 Å². The van der Waals surface area contributed by atoms with E-state index >= 15 is 0 Å². The lowest BCUT2D eigenvalue weighted by molar-refractivity contribution is 0.160. The van der Waals surface area contributed by atoms with E-state index < -0.39 is 0 Å². The van der Waals surface area contributed by atoms with Crippen LogP contribution in [0.4, 0.5) is 0 Å². The van der Waals surface area contributed by atoms with Crippen LogP contribution in [0.25, 0.3) is 0 Å². The van der Waals surface area contributed by atoms with E-state index in [1.54, 1.807) is 11.1 Å². The number of rotatable bonds is 4. The van der Waals surface area contributed by atoms with Crippen molar-refractivity contribution in [3.63, 3.8) is 0 Å². The van der Waals surface area contributed by atoms with Gasteiger partial charge in [0.2, 0.25) is 0 Å². The Morgan fingerprint density at radius 1 is 1.15 bits per heavy atom. The Bertz CT molecular complexity index is 423. The maximum Gasteiger partial charge on any atom is 0.0195 e. The Kier molecular flexibility index (Phi) is 4.74. The fourth-order valence-electron chi connectivity index (χ4n) is 3.89. The molecule has 0 radical (unpaired) electrons. The van der Waals surface area contributed by atoms with Gasteiger partial charge in [-0.25, -0.2) is 0 Å². The van der Waals surface area contributed by atoms with Crippen LogP contribution in [-0.2, 0) is 12.8 Å². The molecule has 0 saturated carbocycles. The van der Waals surface area contributed by atoms with E-state index in [1.807, 2.05) is 0 Å². The van der Waals surface area contributed by atoms with Crippen molar-refractivity contribution >= 4 is 0 Å². The molecule has 2 nitrogen and oxygen atoms in total. The third-order valence-corrected chi connectivity index (χ3v) is 5.11. The number of nitrogens with one attached hydrogen (secondary N) is 1. The highest BCUT2D eigenvalue weighted by molar-refractivity contribution is 5.30. The average Bonchev–Trinajstić information content (AvgIpc) is 2.53. The minimum Gasteiger partial charge on any atom is -0.313 e. The molecule has 2 aliphatic rings. The fourth-order valence-corrected chi connectivity index (χ4v) is 3.89. The van der Waals surface area contributed by atoms with Crippen LogP contribution in [-0.4, -0.2) is 36.6 Å². The van der Waals surface area contributed by atoms with E-state index in [1.165, 1.54) is 58.2 Å². The first kappa shape index (κ1) is 14.1. The molecule has 1 fully saturated rings. The molecule has 3 rings (SSSR count). The van der Waals surface area contributed by atoms with Gasteiger partial charge in [-0.1, -0.05) is 37.6 Å². The molecular weight excluding hydrogens is 244 g/mol. The summed E-state index contributed by atoms with van der Waals surface area (Å²) in [6, 6.07) is 10.5. The summed E-state index contributed by atoms with van der Waals surface area (Å²) in [5, 5.41) is 3.70. The SMILES string of the molecule is CCN(CC1CCCCN1)C1CCc2ccccc2C1. The number of benzene rings is 1. The van der Waals surface area contributed by atoms with Crippen molar-refractivity contribution < 1.29 is 0 Å². The molecule has 20 heavy (non-hydrogen) atoms. The van der Waals surface area contributed by atoms with Crippen LogP contribution >= 0.6 is 0 Å². The van der Waals surface area contributed by atoms with Gasteiger partial charge in [0.1, 0.15) is 0 Å². The molecule has 2 unspecified atom stereocenters. The Hall–Kier alpha value is -0.860. The maximum absolute atomic E-state index is 3.70. The van der Waals surface area contributed by atoms with Crippen molar-refractivity contribution in [1.29, 1.82) is 0 Å². The first-order chi connectivity index (χ1) is 9.86. The summed E-state index contributed by atoms with van der Waals surface area (Å²) in [6.45, 7) is 5.97. The van der Waals surface area contributed by atoms with E-state index in [0.717, 1.165) is 12.1 Å². The molecule has 1 aliphatic heterocycles. The lowest BCUT2D eigenvalue weighted by Crippen LogP contribution is -2.48. The number of hydrogen-bond donors (Lipinski definition) is 1. The predicted molar refractivity (Wildman–Crippen MR) is 85.1 cm³/mol. The van der Waals surface area contributed by atoms with Gasteiger partial charge in [0, 0.05) is 18.6 Å². The summed E-state index contributed by atoms with van der Waals surface area (Å²) in [6.07, 6.45) is 7.96. The number of piperidine rings is 1. The lowest BCUT2D eigenvalue weighted by atomic mass is 9.87. The molecule has 1 aromatic carbocycles. The molecule has 0 bridgehead atoms. The summed E-state index contributed by atoms with van der Waals surface area (Å²) >= 11 is 0. The van der Waals surface area contributed by atoms with E-state index in [-0.39, 0.29) is 0 Å². The van der Waals surface area contributed by atoms with Crippen LogP contribution in [0.3, 0.4) is 0 Å². The van der Waals surface area contributed by atoms with Gasteiger partial charge in [0.25, 0.3) is 0 Å². The summed E-state index contributed by atoms with van der Waals surface area (Å²) in [5.74, 6) is 0. The van der Waals surface area contributed by atoms with E-state index in [2.05, 4.69) is 41.4 Å². The number of nitrogens with zero attached hydrogens (tertiary/aromatic N) is 1. The third-order valence-electron chi connectivity index (χ3n) is 5.11. The number of hydrogen-bond acceptors (Lipinski definition) is 2. The van der Waals surface area contributed by atoms with Gasteiger partial charge in [0.05, 0.1) is 0 Å². The van der Waals surface area contributed by atoms with E-state index in [4.69, 9.17) is 0 Å². The van der Waals surface area contributed by atoms with Crippen LogP contribution in [0, 0.1) is 0 Å². The molecule has 1 heterocycles. The minimum atomic E-state index is 0.723. The van der Waals surface area contributed by atoms with Crippen LogP contribution in [0.5, 0.6) is 0 Å². The molecule has 1 aromatic rings. The molecular formula is C18H28N2. The summed E-state index contributed by atoms with van der Waals surface area (Å²) < 4.78 is 0. The van der Waals surface area contributed by atoms with Crippen molar-refractivity contribution in [2.45, 2.75) is 57.5 Å². The van der Waals surface area contributed by atoms with Crippen molar-refractivity contribution in [2.24, 2.45) is 0 Å². The Morgan fingerprint density at radius 2 is 2.00 bits per heavy atom. The second kappa shape index (κ2) is 6.73. The summed E-state index contributed by atoms with van der Waals surface area (Å²) in [7, 11) is 0. The van der Waals surface area contributed by atoms with Gasteiger partial charge in [-0.05, 0) is 56.3 Å². The zero-order chi connectivity index (χ0) is 13.8. The largest absolute Gasteiger partial charge is 0.313 e. The Morgan fingerprint density at radius 3 is 2.75 bits per heavy atom. The zero-order valence-electron chi connectivity index (χ0n) is 12.8. The molecule has 0 spiro atoms. The molecule has 0 amide bonds. The fraction of sp³-hybridized carbons (Fsp3) is 0.667. The second-order valence-corrected chi connectivity index (χ2v) is 6.40. The lowest BCUT2D eigenvalue weighted by Gasteiger charge is -2.37. The van der Waals surface area contributed by atoms with E-state index in [0.29, 0.717) is 0 Å². The normalized spacial score (nSPS) is 26.5. The average molecular weight is 272 g/mol. The monoisotopic (exact) mass is 272 g/mol. The number of fused-ring (bicyclic) bond motifs is 1. The standard InChI is InChI=1S/C18H28N2/c1-2-20(14-17-9-5-6-12-19-17)18-11-10-15-7-3-4-8-16(15)13-18/h3-4,7-8,17-19H,2,5-6,9-14H2,1H3. The van der Waals surface area contributed by atoms with Gasteiger partial charge in [0.15, 0.2) is 0 Å². The quantitative estimate of drug-likeness (QED) is 0.906. The molecule has 0 aromatic heterocycles. The van der Waals surface area contributed by atoms with Gasteiger partial charge >= 0.3 is 0 Å². The van der Waals surface area contributed by atoms with Crippen molar-refractivity contribution in [3.8, 4) is 0 Å². The molecule has 2 atom stereocenters. The van der Waals surface area contributed by atoms with Crippen LogP contribution < -0.4 is 5.32 Å². The first-order valence-electron chi connectivity index (χ1n) is 8.41. The number of aryl methyl sites for hydroxylation is 1. The molecule has 110 valence electrons.